The van der Waals surface area contributed by atoms with Crippen molar-refractivity contribution in [3.63, 3.8) is 0 Å². The van der Waals surface area contributed by atoms with E-state index in [0.29, 0.717) is 5.56 Å². The molecule has 0 radical (unpaired) electrons. The summed E-state index contributed by atoms with van der Waals surface area (Å²) in [6, 6.07) is 3.91. The van der Waals surface area contributed by atoms with Crippen LogP contribution in [0.1, 0.15) is 18.4 Å². The Morgan fingerprint density at radius 1 is 1.62 bits per heavy atom. The second-order valence-electron chi connectivity index (χ2n) is 2.73. The zero-order valence-electron chi connectivity index (χ0n) is 6.92. The Kier molecular flexibility index (Phi) is 2.88. The van der Waals surface area contributed by atoms with Gasteiger partial charge in [0.2, 0.25) is 0 Å². The fourth-order valence-electron chi connectivity index (χ4n) is 0.924. The first-order valence-electron chi connectivity index (χ1n) is 3.70. The predicted octanol–water partition coefficient (Wildman–Crippen LogP) is 2.67. The number of carbonyl (C=O) groups is 1. The highest BCUT2D eigenvalue weighted by Crippen LogP contribution is 2.21. The van der Waals surface area contributed by atoms with E-state index < -0.39 is 17.7 Å². The van der Waals surface area contributed by atoms with Crippen LogP contribution < -0.4 is 0 Å². The summed E-state index contributed by atoms with van der Waals surface area (Å²) in [6.45, 7) is 1.52. The number of carboxylic acid groups (broad SMARTS) is 1. The van der Waals surface area contributed by atoms with Crippen molar-refractivity contribution in [3.8, 4) is 0 Å². The topological polar surface area (TPSA) is 37.3 Å². The minimum absolute atomic E-state index is 0.0504. The van der Waals surface area contributed by atoms with E-state index in [4.69, 9.17) is 16.7 Å². The number of hydrogen-bond donors (Lipinski definition) is 1. The molecular weight excluding hydrogens is 195 g/mol. The molecule has 1 N–H and O–H groups in total. The zero-order valence-corrected chi connectivity index (χ0v) is 7.68. The third-order valence-corrected chi connectivity index (χ3v) is 2.10. The Labute approximate surface area is 80.0 Å². The van der Waals surface area contributed by atoms with Gasteiger partial charge in [0.15, 0.2) is 0 Å². The first-order valence-corrected chi connectivity index (χ1v) is 4.08. The van der Waals surface area contributed by atoms with E-state index in [1.165, 1.54) is 19.1 Å². The van der Waals surface area contributed by atoms with Crippen molar-refractivity contribution >= 4 is 17.6 Å². The van der Waals surface area contributed by atoms with Gasteiger partial charge in [0.05, 0.1) is 10.9 Å². The summed E-state index contributed by atoms with van der Waals surface area (Å²) in [5, 5.41) is 8.61. The molecule has 0 aliphatic heterocycles. The van der Waals surface area contributed by atoms with Crippen LogP contribution in [0.4, 0.5) is 4.39 Å². The molecule has 1 atom stereocenters. The highest BCUT2D eigenvalue weighted by atomic mass is 35.5. The number of carboxylic acids is 1. The van der Waals surface area contributed by atoms with E-state index in [0.717, 1.165) is 6.07 Å². The number of aliphatic carboxylic acids is 1. The molecule has 0 aromatic heterocycles. The molecule has 2 nitrogen and oxygen atoms in total. The third kappa shape index (κ3) is 2.18. The van der Waals surface area contributed by atoms with Crippen LogP contribution in [0.2, 0.25) is 5.02 Å². The van der Waals surface area contributed by atoms with Crippen LogP contribution in [-0.2, 0) is 4.79 Å². The molecule has 0 aliphatic rings. The Bertz CT molecular complexity index is 338. The summed E-state index contributed by atoms with van der Waals surface area (Å²) in [7, 11) is 0. The van der Waals surface area contributed by atoms with Gasteiger partial charge in [-0.15, -0.1) is 0 Å². The highest BCUT2D eigenvalue weighted by Gasteiger charge is 2.14. The summed E-state index contributed by atoms with van der Waals surface area (Å²) in [5.74, 6) is -2.16. The van der Waals surface area contributed by atoms with Crippen molar-refractivity contribution in [3.05, 3.63) is 34.6 Å². The van der Waals surface area contributed by atoms with Gasteiger partial charge in [0.1, 0.15) is 5.82 Å². The summed E-state index contributed by atoms with van der Waals surface area (Å²) < 4.78 is 12.7. The highest BCUT2D eigenvalue weighted by molar-refractivity contribution is 6.30. The number of benzene rings is 1. The molecule has 0 spiro atoms. The van der Waals surface area contributed by atoms with Crippen molar-refractivity contribution in [2.24, 2.45) is 0 Å². The summed E-state index contributed by atoms with van der Waals surface area (Å²) >= 11 is 5.49. The normalized spacial score (nSPS) is 12.5. The fourth-order valence-corrected chi connectivity index (χ4v) is 1.11. The summed E-state index contributed by atoms with van der Waals surface area (Å²) in [5.41, 5.74) is 0.499. The Hall–Kier alpha value is -1.09. The van der Waals surface area contributed by atoms with E-state index in [1.807, 2.05) is 0 Å². The fraction of sp³-hybridized carbons (Fsp3) is 0.222. The SMILES string of the molecule is CC(C(=O)O)c1ccc(F)c(Cl)c1. The average Bonchev–Trinajstić information content (AvgIpc) is 2.08. The van der Waals surface area contributed by atoms with Crippen LogP contribution >= 0.6 is 11.6 Å². The van der Waals surface area contributed by atoms with Gasteiger partial charge in [0.25, 0.3) is 0 Å². The van der Waals surface area contributed by atoms with Crippen molar-refractivity contribution in [1.29, 1.82) is 0 Å². The van der Waals surface area contributed by atoms with E-state index in [2.05, 4.69) is 0 Å². The third-order valence-electron chi connectivity index (χ3n) is 1.81. The maximum atomic E-state index is 12.7. The second-order valence-corrected chi connectivity index (χ2v) is 3.14. The molecule has 0 fully saturated rings. The largest absolute Gasteiger partial charge is 0.481 e. The molecule has 70 valence electrons. The molecule has 1 aromatic rings. The van der Waals surface area contributed by atoms with Gasteiger partial charge in [-0.3, -0.25) is 4.79 Å². The molecule has 0 bridgehead atoms. The molecule has 1 unspecified atom stereocenters. The molecule has 13 heavy (non-hydrogen) atoms. The van der Waals surface area contributed by atoms with Gasteiger partial charge < -0.3 is 5.11 Å². The van der Waals surface area contributed by atoms with Gasteiger partial charge in [-0.2, -0.15) is 0 Å². The molecule has 4 heteroatoms. The van der Waals surface area contributed by atoms with Gasteiger partial charge in [0, 0.05) is 0 Å². The molecule has 0 saturated heterocycles. The second kappa shape index (κ2) is 3.75. The van der Waals surface area contributed by atoms with E-state index >= 15 is 0 Å². The maximum absolute atomic E-state index is 12.7. The lowest BCUT2D eigenvalue weighted by atomic mass is 10.0. The molecule has 0 heterocycles. The lowest BCUT2D eigenvalue weighted by Gasteiger charge is -2.06. The zero-order chi connectivity index (χ0) is 10.0. The van der Waals surface area contributed by atoms with Crippen molar-refractivity contribution in [2.45, 2.75) is 12.8 Å². The minimum Gasteiger partial charge on any atom is -0.481 e. The molecule has 0 saturated carbocycles. The molecule has 0 amide bonds. The van der Waals surface area contributed by atoms with E-state index in [9.17, 15) is 9.18 Å². The van der Waals surface area contributed by atoms with Crippen LogP contribution in [0, 0.1) is 5.82 Å². The molecule has 0 aliphatic carbocycles. The van der Waals surface area contributed by atoms with Gasteiger partial charge >= 0.3 is 5.97 Å². The maximum Gasteiger partial charge on any atom is 0.310 e. The van der Waals surface area contributed by atoms with Crippen molar-refractivity contribution < 1.29 is 14.3 Å². The smallest absolute Gasteiger partial charge is 0.310 e. The summed E-state index contributed by atoms with van der Waals surface area (Å²) in [6.07, 6.45) is 0. The van der Waals surface area contributed by atoms with E-state index in [-0.39, 0.29) is 5.02 Å². The van der Waals surface area contributed by atoms with Crippen LogP contribution in [0.15, 0.2) is 18.2 Å². The summed E-state index contributed by atoms with van der Waals surface area (Å²) in [4.78, 5) is 10.6. The van der Waals surface area contributed by atoms with Gasteiger partial charge in [-0.05, 0) is 24.6 Å². The number of hydrogen-bond acceptors (Lipinski definition) is 1. The average molecular weight is 203 g/mol. The monoisotopic (exact) mass is 202 g/mol. The molecule has 1 rings (SSSR count). The lowest BCUT2D eigenvalue weighted by molar-refractivity contribution is -0.138. The first kappa shape index (κ1) is 9.99. The predicted molar refractivity (Wildman–Crippen MR) is 47.5 cm³/mol. The Balaban J connectivity index is 3.03. The number of rotatable bonds is 2. The van der Waals surface area contributed by atoms with Crippen LogP contribution in [0.5, 0.6) is 0 Å². The van der Waals surface area contributed by atoms with Crippen LogP contribution in [0.3, 0.4) is 0 Å². The molecular formula is C9H8ClFO2. The van der Waals surface area contributed by atoms with Crippen molar-refractivity contribution in [1.82, 2.24) is 0 Å². The Morgan fingerprint density at radius 3 is 2.69 bits per heavy atom. The van der Waals surface area contributed by atoms with Crippen molar-refractivity contribution in [2.75, 3.05) is 0 Å². The molecule has 1 aromatic carbocycles. The Morgan fingerprint density at radius 2 is 2.23 bits per heavy atom. The standard InChI is InChI=1S/C9H8ClFO2/c1-5(9(12)13)6-2-3-8(11)7(10)4-6/h2-5H,1H3,(H,12,13). The first-order chi connectivity index (χ1) is 6.02. The van der Waals surface area contributed by atoms with Gasteiger partial charge in [-0.25, -0.2) is 4.39 Å². The van der Waals surface area contributed by atoms with Crippen LogP contribution in [0.25, 0.3) is 0 Å². The van der Waals surface area contributed by atoms with E-state index in [1.54, 1.807) is 0 Å². The number of halogens is 2. The quantitative estimate of drug-likeness (QED) is 0.801. The minimum atomic E-state index is -0.956. The van der Waals surface area contributed by atoms with Gasteiger partial charge in [-0.1, -0.05) is 17.7 Å². The van der Waals surface area contributed by atoms with Crippen LogP contribution in [-0.4, -0.2) is 11.1 Å². The lowest BCUT2D eigenvalue weighted by Crippen LogP contribution is -2.07.